The zero-order valence-corrected chi connectivity index (χ0v) is 20.7. The van der Waals surface area contributed by atoms with E-state index in [1.807, 2.05) is 0 Å². The van der Waals surface area contributed by atoms with E-state index in [9.17, 15) is 28.8 Å². The summed E-state index contributed by atoms with van der Waals surface area (Å²) in [5.74, 6) is -5.62. The van der Waals surface area contributed by atoms with Gasteiger partial charge in [0.05, 0.1) is 18.1 Å². The number of nitrogens with zero attached hydrogens (tertiary/aromatic N) is 3. The lowest BCUT2D eigenvalue weighted by molar-refractivity contribution is -0.139. The van der Waals surface area contributed by atoms with Crippen molar-refractivity contribution < 1.29 is 39.0 Å². The van der Waals surface area contributed by atoms with Crippen LogP contribution in [0.1, 0.15) is 26.2 Å². The summed E-state index contributed by atoms with van der Waals surface area (Å²) in [6.45, 7) is 0.750. The molecule has 1 heterocycles. The molecule has 0 bridgehead atoms. The van der Waals surface area contributed by atoms with E-state index >= 15 is 0 Å². The second-order valence-corrected chi connectivity index (χ2v) is 9.10. The monoisotopic (exact) mass is 546 g/mol. The topological polar surface area (TPSA) is 310 Å². The second kappa shape index (κ2) is 15.5. The number of nitrogens with two attached hydrogens (primary N) is 1. The van der Waals surface area contributed by atoms with Crippen LogP contribution >= 0.6 is 11.8 Å². The quantitative estimate of drug-likeness (QED) is 0.0353. The summed E-state index contributed by atoms with van der Waals surface area (Å²) >= 11 is 0.929. The van der Waals surface area contributed by atoms with Crippen molar-refractivity contribution in [3.05, 3.63) is 10.4 Å². The average molecular weight is 547 g/mol. The van der Waals surface area contributed by atoms with Gasteiger partial charge in [0.2, 0.25) is 23.6 Å². The number of carboxylic acids is 2. The summed E-state index contributed by atoms with van der Waals surface area (Å²) in [5, 5.41) is 30.2. The molecule has 18 nitrogen and oxygen atoms in total. The Bertz CT molecular complexity index is 924. The molecule has 1 rings (SSSR count). The minimum absolute atomic E-state index is 0.135. The molecule has 10 N–H and O–H groups in total. The number of carboxylic acid groups (broad SMARTS) is 2. The molecule has 0 aliphatic carbocycles. The van der Waals surface area contributed by atoms with Gasteiger partial charge < -0.3 is 37.2 Å². The minimum Gasteiger partial charge on any atom is -0.480 e. The highest BCUT2D eigenvalue weighted by atomic mass is 32.2. The molecule has 19 heteroatoms. The lowest BCUT2D eigenvalue weighted by Crippen LogP contribution is -2.50. The summed E-state index contributed by atoms with van der Waals surface area (Å²) in [5.41, 5.74) is 18.8. The van der Waals surface area contributed by atoms with Gasteiger partial charge in [0.25, 0.3) is 0 Å². The van der Waals surface area contributed by atoms with Gasteiger partial charge in [-0.2, -0.15) is 0 Å². The van der Waals surface area contributed by atoms with Crippen molar-refractivity contribution in [2.24, 2.45) is 10.8 Å². The van der Waals surface area contributed by atoms with Gasteiger partial charge in [-0.05, 0) is 18.9 Å². The Morgan fingerprint density at radius 2 is 1.68 bits per heavy atom. The molecule has 0 spiro atoms. The summed E-state index contributed by atoms with van der Waals surface area (Å²) in [7, 11) is 0. The van der Waals surface area contributed by atoms with E-state index in [0.717, 1.165) is 11.8 Å². The molecule has 0 aromatic rings. The Balaban J connectivity index is 2.68. The molecule has 1 aliphatic heterocycles. The minimum atomic E-state index is -1.31. The number of hydrazine groups is 1. The number of thioether (sulfide) groups is 1. The normalized spacial score (nSPS) is 15.6. The van der Waals surface area contributed by atoms with Gasteiger partial charge >= 0.3 is 11.9 Å². The molecule has 1 aliphatic rings. The van der Waals surface area contributed by atoms with E-state index in [1.165, 1.54) is 0 Å². The fraction of sp³-hybridized carbons (Fsp3) is 0.667. The van der Waals surface area contributed by atoms with Crippen LogP contribution in [0.15, 0.2) is 5.11 Å². The van der Waals surface area contributed by atoms with Gasteiger partial charge in [-0.15, -0.1) is 11.8 Å². The molecular formula is C18H30N10O8S. The molecule has 0 aromatic carbocycles. The number of hydrogen-bond donors (Lipinski definition) is 9. The summed E-state index contributed by atoms with van der Waals surface area (Å²) in [6.07, 6.45) is -0.318. The predicted octanol–water partition coefficient (Wildman–Crippen LogP) is -3.32. The maximum atomic E-state index is 12.5. The van der Waals surface area contributed by atoms with Crippen LogP contribution in [0.2, 0.25) is 0 Å². The van der Waals surface area contributed by atoms with Crippen molar-refractivity contribution in [2.75, 3.05) is 24.7 Å². The molecule has 206 valence electrons. The van der Waals surface area contributed by atoms with Crippen LogP contribution < -0.4 is 37.9 Å². The zero-order chi connectivity index (χ0) is 28.0. The van der Waals surface area contributed by atoms with E-state index in [2.05, 4.69) is 42.1 Å². The molecule has 37 heavy (non-hydrogen) atoms. The van der Waals surface area contributed by atoms with Crippen LogP contribution in [-0.2, 0) is 28.8 Å². The van der Waals surface area contributed by atoms with Crippen LogP contribution in [-0.4, -0.2) is 94.3 Å². The third-order valence-electron chi connectivity index (χ3n) is 4.79. The van der Waals surface area contributed by atoms with E-state index in [1.54, 1.807) is 6.92 Å². The Labute approximate surface area is 214 Å². The number of rotatable bonds is 18. The van der Waals surface area contributed by atoms with E-state index in [0.29, 0.717) is 0 Å². The van der Waals surface area contributed by atoms with Gasteiger partial charge in [0.15, 0.2) is 0 Å². The van der Waals surface area contributed by atoms with Gasteiger partial charge in [-0.3, -0.25) is 28.8 Å². The first-order valence-electron chi connectivity index (χ1n) is 10.8. The van der Waals surface area contributed by atoms with Crippen LogP contribution in [0, 0.1) is 0 Å². The largest absolute Gasteiger partial charge is 0.480 e. The van der Waals surface area contributed by atoms with Crippen molar-refractivity contribution in [2.45, 2.75) is 50.0 Å². The van der Waals surface area contributed by atoms with Crippen molar-refractivity contribution >= 4 is 47.3 Å². The first-order chi connectivity index (χ1) is 17.4. The fourth-order valence-corrected chi connectivity index (χ4v) is 3.60. The lowest BCUT2D eigenvalue weighted by Gasteiger charge is -2.20. The first kappa shape index (κ1) is 31.4. The number of carbonyl (C=O) groups is 6. The second-order valence-electron chi connectivity index (χ2n) is 8.07. The van der Waals surface area contributed by atoms with Crippen LogP contribution in [0.3, 0.4) is 0 Å². The highest BCUT2D eigenvalue weighted by Gasteiger charge is 2.40. The standard InChI is InChI=1S/C18H30N10O8S/c1-18(26-27-18)4-10(15(33)22-8-23-28-20)24-13(30)7-37-6-11(16(34)21-5-14(31)32)25-12(29)3-2-9(19)17(35)36/h9-11,26-27H,2-8,19H2,1H3,(H,21,34)(H,22,33)(H,24,30)(H,25,29)(H,31,32)(H,35,36). The Hall–Kier alpha value is -3.64. The Kier molecular flexibility index (Phi) is 13.1. The van der Waals surface area contributed by atoms with Gasteiger partial charge in [0.1, 0.15) is 24.7 Å². The SMILES string of the molecule is CC1(CC(NC(=O)CSCC(NC(=O)CCC(N)C(=O)O)C(=O)NCC(=O)O)C(=O)NCN=[N+]=[N-])NN1. The highest BCUT2D eigenvalue weighted by molar-refractivity contribution is 8.00. The Morgan fingerprint density at radius 3 is 2.24 bits per heavy atom. The summed E-state index contributed by atoms with van der Waals surface area (Å²) in [4.78, 5) is 73.4. The van der Waals surface area contributed by atoms with E-state index in [-0.39, 0.29) is 37.4 Å². The van der Waals surface area contributed by atoms with Crippen molar-refractivity contribution in [1.82, 2.24) is 32.1 Å². The molecule has 1 fully saturated rings. The summed E-state index contributed by atoms with van der Waals surface area (Å²) < 4.78 is 0. The van der Waals surface area contributed by atoms with Crippen LogP contribution in [0.4, 0.5) is 0 Å². The average Bonchev–Trinajstić information content (AvgIpc) is 3.56. The van der Waals surface area contributed by atoms with Crippen LogP contribution in [0.25, 0.3) is 10.4 Å². The van der Waals surface area contributed by atoms with E-state index in [4.69, 9.17) is 21.5 Å². The Morgan fingerprint density at radius 1 is 1.05 bits per heavy atom. The molecule has 0 aromatic heterocycles. The van der Waals surface area contributed by atoms with Crippen molar-refractivity contribution in [3.63, 3.8) is 0 Å². The van der Waals surface area contributed by atoms with Crippen LogP contribution in [0.5, 0.6) is 0 Å². The molecule has 4 amide bonds. The van der Waals surface area contributed by atoms with Crippen molar-refractivity contribution in [1.29, 1.82) is 0 Å². The summed E-state index contributed by atoms with van der Waals surface area (Å²) in [6, 6.07) is -3.49. The fourth-order valence-electron chi connectivity index (χ4n) is 2.75. The molecule has 0 saturated carbocycles. The molecule has 0 radical (unpaired) electrons. The smallest absolute Gasteiger partial charge is 0.322 e. The third-order valence-corrected chi connectivity index (χ3v) is 5.82. The maximum absolute atomic E-state index is 12.5. The molecule has 3 atom stereocenters. The zero-order valence-electron chi connectivity index (χ0n) is 19.9. The first-order valence-corrected chi connectivity index (χ1v) is 12.0. The number of carbonyl (C=O) groups excluding carboxylic acids is 4. The predicted molar refractivity (Wildman–Crippen MR) is 128 cm³/mol. The number of nitrogens with one attached hydrogen (secondary N) is 6. The number of aliphatic carboxylic acids is 2. The number of azide groups is 1. The number of amides is 4. The molecule has 3 unspecified atom stereocenters. The molecule has 1 saturated heterocycles. The third kappa shape index (κ3) is 13.3. The highest BCUT2D eigenvalue weighted by Crippen LogP contribution is 2.17. The van der Waals surface area contributed by atoms with Gasteiger partial charge in [-0.25, -0.2) is 10.9 Å². The molecular weight excluding hydrogens is 516 g/mol. The number of hydrogen-bond acceptors (Lipinski definition) is 11. The van der Waals surface area contributed by atoms with E-state index < -0.39 is 65.9 Å². The lowest BCUT2D eigenvalue weighted by atomic mass is 10.1. The van der Waals surface area contributed by atoms with Gasteiger partial charge in [-0.1, -0.05) is 5.11 Å². The van der Waals surface area contributed by atoms with Gasteiger partial charge in [0, 0.05) is 23.5 Å². The maximum Gasteiger partial charge on any atom is 0.322 e. The van der Waals surface area contributed by atoms with Crippen molar-refractivity contribution in [3.8, 4) is 0 Å².